The van der Waals surface area contributed by atoms with Crippen LogP contribution in [0.4, 0.5) is 9.59 Å². The van der Waals surface area contributed by atoms with Gasteiger partial charge >= 0.3 is 12.2 Å². The Morgan fingerprint density at radius 2 is 1.57 bits per heavy atom. The molecule has 2 aromatic rings. The second-order valence-corrected chi connectivity index (χ2v) is 13.9. The molecule has 7 nitrogen and oxygen atoms in total. The predicted molar refractivity (Wildman–Crippen MR) is 160 cm³/mol. The molecular weight excluding hydrogens is 572 g/mol. The van der Waals surface area contributed by atoms with Gasteiger partial charge < -0.3 is 24.4 Å². The number of amides is 2. The summed E-state index contributed by atoms with van der Waals surface area (Å²) in [5.74, 6) is 1.09. The molecule has 2 aromatic carbocycles. The number of halogens is 1. The SMILES string of the molecule is CC(C)(C)OC(=O)NC1CCC(N(C(=O)OC(C)(C)C)[C@@H]2C[C@H]2c2ccc(OCc3cccc(Br)c3)cc2)CC1. The van der Waals surface area contributed by atoms with Gasteiger partial charge in [0.05, 0.1) is 0 Å². The van der Waals surface area contributed by atoms with Gasteiger partial charge in [-0.25, -0.2) is 9.59 Å². The summed E-state index contributed by atoms with van der Waals surface area (Å²) >= 11 is 3.50. The van der Waals surface area contributed by atoms with Crippen molar-refractivity contribution < 1.29 is 23.8 Å². The number of rotatable bonds is 7. The topological polar surface area (TPSA) is 77.1 Å². The Morgan fingerprint density at radius 1 is 0.925 bits per heavy atom. The monoisotopic (exact) mass is 614 g/mol. The highest BCUT2D eigenvalue weighted by Gasteiger charge is 2.49. The highest BCUT2D eigenvalue weighted by Crippen LogP contribution is 2.47. The lowest BCUT2D eigenvalue weighted by molar-refractivity contribution is 0.00744. The molecule has 0 aromatic heterocycles. The van der Waals surface area contributed by atoms with E-state index >= 15 is 0 Å². The molecule has 0 saturated heterocycles. The summed E-state index contributed by atoms with van der Waals surface area (Å²) in [6.07, 6.45) is 3.49. The predicted octanol–water partition coefficient (Wildman–Crippen LogP) is 7.96. The Kier molecular flexibility index (Phi) is 9.38. The van der Waals surface area contributed by atoms with Crippen molar-refractivity contribution in [2.24, 2.45) is 0 Å². The van der Waals surface area contributed by atoms with Crippen LogP contribution in [0, 0.1) is 0 Å². The maximum Gasteiger partial charge on any atom is 0.410 e. The van der Waals surface area contributed by atoms with E-state index in [1.54, 1.807) is 0 Å². The van der Waals surface area contributed by atoms with Crippen LogP contribution in [0.25, 0.3) is 0 Å². The van der Waals surface area contributed by atoms with E-state index in [2.05, 4.69) is 39.4 Å². The molecular formula is C32H43BrN2O5. The first kappa shape index (κ1) is 30.2. The third kappa shape index (κ3) is 8.88. The quantitative estimate of drug-likeness (QED) is 0.342. The van der Waals surface area contributed by atoms with Crippen LogP contribution in [0.5, 0.6) is 5.75 Å². The largest absolute Gasteiger partial charge is 0.489 e. The summed E-state index contributed by atoms with van der Waals surface area (Å²) in [6.45, 7) is 11.8. The first-order valence-electron chi connectivity index (χ1n) is 14.3. The summed E-state index contributed by atoms with van der Waals surface area (Å²) < 4.78 is 18.3. The Hall–Kier alpha value is -2.74. The minimum absolute atomic E-state index is 0.0473. The average molecular weight is 616 g/mol. The number of carbonyl (C=O) groups is 2. The third-order valence-corrected chi connectivity index (χ3v) is 7.63. The number of nitrogens with zero attached hydrogens (tertiary/aromatic N) is 1. The van der Waals surface area contributed by atoms with E-state index < -0.39 is 11.2 Å². The molecule has 2 saturated carbocycles. The highest BCUT2D eigenvalue weighted by molar-refractivity contribution is 9.10. The number of alkyl carbamates (subject to hydrolysis) is 1. The van der Waals surface area contributed by atoms with Crippen LogP contribution in [0.15, 0.2) is 53.0 Å². The van der Waals surface area contributed by atoms with E-state index in [0.29, 0.717) is 6.61 Å². The summed E-state index contributed by atoms with van der Waals surface area (Å²) in [4.78, 5) is 27.7. The average Bonchev–Trinajstić information content (AvgIpc) is 3.62. The summed E-state index contributed by atoms with van der Waals surface area (Å²) in [5.41, 5.74) is 1.21. The van der Waals surface area contributed by atoms with E-state index in [0.717, 1.165) is 47.9 Å². The van der Waals surface area contributed by atoms with E-state index in [9.17, 15) is 9.59 Å². The van der Waals surface area contributed by atoms with Crippen LogP contribution in [-0.4, -0.2) is 46.4 Å². The fourth-order valence-electron chi connectivity index (χ4n) is 5.29. The maximum atomic E-state index is 13.4. The molecule has 0 bridgehead atoms. The van der Waals surface area contributed by atoms with Crippen LogP contribution >= 0.6 is 15.9 Å². The summed E-state index contributed by atoms with van der Waals surface area (Å²) in [7, 11) is 0. The molecule has 0 aliphatic heterocycles. The summed E-state index contributed by atoms with van der Waals surface area (Å²) in [5, 5.41) is 3.00. The maximum absolute atomic E-state index is 13.4. The van der Waals surface area contributed by atoms with Gasteiger partial charge in [0.25, 0.3) is 0 Å². The number of ether oxygens (including phenoxy) is 3. The van der Waals surface area contributed by atoms with Gasteiger partial charge in [-0.05, 0) is 109 Å². The molecule has 4 rings (SSSR count). The van der Waals surface area contributed by atoms with Gasteiger partial charge in [0, 0.05) is 28.5 Å². The van der Waals surface area contributed by atoms with E-state index in [4.69, 9.17) is 14.2 Å². The molecule has 40 heavy (non-hydrogen) atoms. The van der Waals surface area contributed by atoms with E-state index in [1.165, 1.54) is 5.56 Å². The van der Waals surface area contributed by atoms with Crippen molar-refractivity contribution in [3.8, 4) is 5.75 Å². The van der Waals surface area contributed by atoms with Crippen LogP contribution in [0.1, 0.15) is 90.7 Å². The zero-order chi connectivity index (χ0) is 29.1. The standard InChI is InChI=1S/C32H43BrN2O5/c1-31(2,3)39-29(36)34-24-12-14-25(15-13-24)35(30(37)40-32(4,5)6)28-19-27(28)22-10-16-26(17-11-22)38-20-21-8-7-9-23(33)18-21/h7-11,16-18,24-25,27-28H,12-15,19-20H2,1-6H3,(H,34,36)/t24?,25?,27-,28+/m0/s1. The van der Waals surface area contributed by atoms with Crippen LogP contribution in [-0.2, 0) is 16.1 Å². The zero-order valence-electron chi connectivity index (χ0n) is 24.5. The van der Waals surface area contributed by atoms with Crippen molar-refractivity contribution >= 4 is 28.1 Å². The first-order valence-corrected chi connectivity index (χ1v) is 15.0. The molecule has 0 spiro atoms. The Balaban J connectivity index is 1.36. The third-order valence-electron chi connectivity index (χ3n) is 7.13. The molecule has 218 valence electrons. The molecule has 0 unspecified atom stereocenters. The Labute approximate surface area is 247 Å². The minimum Gasteiger partial charge on any atom is -0.489 e. The van der Waals surface area contributed by atoms with E-state index in [-0.39, 0.29) is 36.2 Å². The Bertz CT molecular complexity index is 1160. The van der Waals surface area contributed by atoms with Crippen molar-refractivity contribution in [3.05, 3.63) is 64.1 Å². The van der Waals surface area contributed by atoms with Gasteiger partial charge in [-0.2, -0.15) is 0 Å². The number of benzene rings is 2. The molecule has 0 heterocycles. The molecule has 1 N–H and O–H groups in total. The number of hydrogen-bond donors (Lipinski definition) is 1. The van der Waals surface area contributed by atoms with Crippen LogP contribution in [0.2, 0.25) is 0 Å². The van der Waals surface area contributed by atoms with Gasteiger partial charge in [0.15, 0.2) is 0 Å². The molecule has 2 fully saturated rings. The second kappa shape index (κ2) is 12.4. The van der Waals surface area contributed by atoms with Crippen molar-refractivity contribution in [2.45, 2.75) is 115 Å². The molecule has 8 heteroatoms. The number of hydrogen-bond acceptors (Lipinski definition) is 5. The lowest BCUT2D eigenvalue weighted by atomic mass is 9.90. The second-order valence-electron chi connectivity index (χ2n) is 12.9. The lowest BCUT2D eigenvalue weighted by Crippen LogP contribution is -2.49. The van der Waals surface area contributed by atoms with Crippen molar-refractivity contribution in [3.63, 3.8) is 0 Å². The normalized spacial score (nSPS) is 22.7. The Morgan fingerprint density at radius 3 is 2.17 bits per heavy atom. The number of carbonyl (C=O) groups excluding carboxylic acids is 2. The fourth-order valence-corrected chi connectivity index (χ4v) is 5.74. The minimum atomic E-state index is -0.567. The van der Waals surface area contributed by atoms with Crippen molar-refractivity contribution in [1.82, 2.24) is 10.2 Å². The highest BCUT2D eigenvalue weighted by atomic mass is 79.9. The zero-order valence-corrected chi connectivity index (χ0v) is 26.1. The van der Waals surface area contributed by atoms with Crippen LogP contribution < -0.4 is 10.1 Å². The van der Waals surface area contributed by atoms with Crippen molar-refractivity contribution in [1.29, 1.82) is 0 Å². The van der Waals surface area contributed by atoms with Gasteiger partial charge in [0.2, 0.25) is 0 Å². The summed E-state index contributed by atoms with van der Waals surface area (Å²) in [6, 6.07) is 16.5. The fraction of sp³-hybridized carbons (Fsp3) is 0.562. The molecule has 2 amide bonds. The van der Waals surface area contributed by atoms with Crippen molar-refractivity contribution in [2.75, 3.05) is 0 Å². The molecule has 2 aliphatic rings. The number of nitrogens with one attached hydrogen (secondary N) is 1. The van der Waals surface area contributed by atoms with Gasteiger partial charge in [-0.15, -0.1) is 0 Å². The van der Waals surface area contributed by atoms with Gasteiger partial charge in [-0.1, -0.05) is 40.2 Å². The van der Waals surface area contributed by atoms with Gasteiger partial charge in [0.1, 0.15) is 23.6 Å². The molecule has 2 aliphatic carbocycles. The van der Waals surface area contributed by atoms with Gasteiger partial charge in [-0.3, -0.25) is 0 Å². The molecule has 2 atom stereocenters. The smallest absolute Gasteiger partial charge is 0.410 e. The van der Waals surface area contributed by atoms with Crippen LogP contribution in [0.3, 0.4) is 0 Å². The molecule has 0 radical (unpaired) electrons. The van der Waals surface area contributed by atoms with E-state index in [1.807, 2.05) is 76.8 Å². The lowest BCUT2D eigenvalue weighted by Gasteiger charge is -2.38. The first-order chi connectivity index (χ1) is 18.8.